The first-order chi connectivity index (χ1) is 9.19. The Morgan fingerprint density at radius 1 is 1.24 bits per heavy atom. The Bertz CT molecular complexity index is 352. The van der Waals surface area contributed by atoms with Crippen molar-refractivity contribution in [2.45, 2.75) is 63.6 Å². The lowest BCUT2D eigenvalue weighted by molar-refractivity contribution is -0.126. The summed E-state index contributed by atoms with van der Waals surface area (Å²) >= 11 is 0. The molecular weight excluding hydrogens is 309 g/mol. The number of halogens is 2. The Morgan fingerprint density at radius 3 is 2.57 bits per heavy atom. The van der Waals surface area contributed by atoms with E-state index < -0.39 is 0 Å². The molecule has 6 heteroatoms. The van der Waals surface area contributed by atoms with Gasteiger partial charge in [0.1, 0.15) is 0 Å². The van der Waals surface area contributed by atoms with Gasteiger partial charge in [-0.25, -0.2) is 0 Å². The highest BCUT2D eigenvalue weighted by Gasteiger charge is 2.40. The van der Waals surface area contributed by atoms with E-state index in [0.717, 1.165) is 38.3 Å². The summed E-state index contributed by atoms with van der Waals surface area (Å²) in [5.41, 5.74) is 5.77. The largest absolute Gasteiger partial charge is 0.352 e. The predicted molar refractivity (Wildman–Crippen MR) is 90.1 cm³/mol. The van der Waals surface area contributed by atoms with E-state index in [2.05, 4.69) is 17.1 Å². The van der Waals surface area contributed by atoms with Gasteiger partial charge in [0.25, 0.3) is 0 Å². The van der Waals surface area contributed by atoms with E-state index in [4.69, 9.17) is 5.73 Å². The fourth-order valence-corrected chi connectivity index (χ4v) is 4.05. The van der Waals surface area contributed by atoms with Crippen molar-refractivity contribution in [2.24, 2.45) is 17.6 Å². The standard InChI is InChI=1S/C15H27N3O.2ClH/c1-10-7-12(9-18(10)13-5-6-13)17-15(19)14-4-2-3-11(14)8-16;;/h10-14H,2-9,16H2,1H3,(H,17,19);2*1H/t10?,11-,12?,14-;;/m1../s1. The highest BCUT2D eigenvalue weighted by Crippen LogP contribution is 2.34. The molecule has 0 radical (unpaired) electrons. The summed E-state index contributed by atoms with van der Waals surface area (Å²) < 4.78 is 0. The molecule has 0 bridgehead atoms. The van der Waals surface area contributed by atoms with Crippen molar-refractivity contribution < 1.29 is 4.79 Å². The molecule has 4 atom stereocenters. The molecule has 0 aromatic heterocycles. The lowest BCUT2D eigenvalue weighted by Gasteiger charge is -2.21. The van der Waals surface area contributed by atoms with Crippen LogP contribution in [-0.4, -0.2) is 42.0 Å². The SMILES string of the molecule is CC1CC(NC(=O)[C@@H]2CCC[C@@H]2CN)CN1C1CC1.Cl.Cl. The van der Waals surface area contributed by atoms with Gasteiger partial charge >= 0.3 is 0 Å². The van der Waals surface area contributed by atoms with Crippen LogP contribution in [0.1, 0.15) is 45.4 Å². The summed E-state index contributed by atoms with van der Waals surface area (Å²) in [6.07, 6.45) is 7.13. The minimum Gasteiger partial charge on any atom is -0.352 e. The van der Waals surface area contributed by atoms with Crippen LogP contribution in [-0.2, 0) is 4.79 Å². The van der Waals surface area contributed by atoms with Crippen LogP contribution < -0.4 is 11.1 Å². The molecule has 2 aliphatic carbocycles. The third kappa shape index (κ3) is 4.25. The minimum absolute atomic E-state index is 0. The fourth-order valence-electron chi connectivity index (χ4n) is 4.05. The van der Waals surface area contributed by atoms with E-state index in [1.54, 1.807) is 0 Å². The first-order valence-corrected chi connectivity index (χ1v) is 7.95. The number of hydrogen-bond acceptors (Lipinski definition) is 3. The van der Waals surface area contributed by atoms with Crippen molar-refractivity contribution in [3.8, 4) is 0 Å². The topological polar surface area (TPSA) is 58.4 Å². The molecule has 4 nitrogen and oxygen atoms in total. The number of likely N-dealkylation sites (tertiary alicyclic amines) is 1. The van der Waals surface area contributed by atoms with Gasteiger partial charge in [-0.3, -0.25) is 9.69 Å². The summed E-state index contributed by atoms with van der Waals surface area (Å²) in [5.74, 6) is 0.858. The number of carbonyl (C=O) groups excluding carboxylic acids is 1. The lowest BCUT2D eigenvalue weighted by atomic mass is 9.95. The van der Waals surface area contributed by atoms with Crippen LogP contribution in [0, 0.1) is 11.8 Å². The number of amides is 1. The highest BCUT2D eigenvalue weighted by molar-refractivity contribution is 5.85. The summed E-state index contributed by atoms with van der Waals surface area (Å²) in [6.45, 7) is 4.01. The van der Waals surface area contributed by atoms with Crippen molar-refractivity contribution in [3.63, 3.8) is 0 Å². The summed E-state index contributed by atoms with van der Waals surface area (Å²) in [6, 6.07) is 1.80. The maximum Gasteiger partial charge on any atom is 0.223 e. The molecule has 21 heavy (non-hydrogen) atoms. The van der Waals surface area contributed by atoms with Crippen molar-refractivity contribution >= 4 is 30.7 Å². The van der Waals surface area contributed by atoms with Crippen LogP contribution in [0.25, 0.3) is 0 Å². The highest BCUT2D eigenvalue weighted by atomic mass is 35.5. The monoisotopic (exact) mass is 337 g/mol. The van der Waals surface area contributed by atoms with Gasteiger partial charge in [-0.05, 0) is 51.5 Å². The molecule has 124 valence electrons. The van der Waals surface area contributed by atoms with Crippen LogP contribution in [0.4, 0.5) is 0 Å². The normalized spacial score (nSPS) is 35.9. The number of nitrogens with zero attached hydrogens (tertiary/aromatic N) is 1. The van der Waals surface area contributed by atoms with Gasteiger partial charge in [0.05, 0.1) is 0 Å². The molecule has 1 amide bonds. The molecule has 1 aliphatic heterocycles. The Hall–Kier alpha value is -0.0300. The second-order valence-electron chi connectivity index (χ2n) is 6.75. The van der Waals surface area contributed by atoms with Crippen molar-refractivity contribution in [1.82, 2.24) is 10.2 Å². The number of carbonyl (C=O) groups is 1. The quantitative estimate of drug-likeness (QED) is 0.824. The van der Waals surface area contributed by atoms with Crippen molar-refractivity contribution in [1.29, 1.82) is 0 Å². The zero-order valence-electron chi connectivity index (χ0n) is 12.8. The summed E-state index contributed by atoms with van der Waals surface area (Å²) in [5, 5.41) is 3.29. The minimum atomic E-state index is 0. The third-order valence-corrected chi connectivity index (χ3v) is 5.28. The van der Waals surface area contributed by atoms with E-state index in [0.29, 0.717) is 24.5 Å². The molecule has 3 rings (SSSR count). The average molecular weight is 338 g/mol. The van der Waals surface area contributed by atoms with Gasteiger partial charge in [0.15, 0.2) is 0 Å². The van der Waals surface area contributed by atoms with Crippen LogP contribution in [0.3, 0.4) is 0 Å². The number of rotatable bonds is 4. The molecule has 0 aromatic carbocycles. The van der Waals surface area contributed by atoms with Gasteiger partial charge in [-0.1, -0.05) is 6.42 Å². The van der Waals surface area contributed by atoms with E-state index in [9.17, 15) is 4.79 Å². The zero-order chi connectivity index (χ0) is 13.4. The second-order valence-corrected chi connectivity index (χ2v) is 6.75. The van der Waals surface area contributed by atoms with Gasteiger partial charge in [-0.15, -0.1) is 24.8 Å². The molecule has 0 aromatic rings. The van der Waals surface area contributed by atoms with E-state index >= 15 is 0 Å². The molecule has 2 saturated carbocycles. The first-order valence-electron chi connectivity index (χ1n) is 7.95. The van der Waals surface area contributed by atoms with Crippen molar-refractivity contribution in [3.05, 3.63) is 0 Å². The summed E-state index contributed by atoms with van der Waals surface area (Å²) in [4.78, 5) is 15.0. The van der Waals surface area contributed by atoms with Gasteiger partial charge in [-0.2, -0.15) is 0 Å². The molecule has 3 aliphatic rings. The zero-order valence-corrected chi connectivity index (χ0v) is 14.4. The molecule has 0 spiro atoms. The number of nitrogens with two attached hydrogens (primary N) is 1. The maximum absolute atomic E-state index is 12.4. The fraction of sp³-hybridized carbons (Fsp3) is 0.933. The smallest absolute Gasteiger partial charge is 0.223 e. The van der Waals surface area contributed by atoms with Crippen LogP contribution in [0.2, 0.25) is 0 Å². The van der Waals surface area contributed by atoms with Crippen LogP contribution in [0.15, 0.2) is 0 Å². The van der Waals surface area contributed by atoms with Crippen LogP contribution in [0.5, 0.6) is 0 Å². The molecule has 1 saturated heterocycles. The van der Waals surface area contributed by atoms with Crippen LogP contribution >= 0.6 is 24.8 Å². The first kappa shape index (κ1) is 19.0. The Morgan fingerprint density at radius 2 is 1.95 bits per heavy atom. The number of nitrogens with one attached hydrogen (secondary N) is 1. The maximum atomic E-state index is 12.4. The molecule has 3 N–H and O–H groups in total. The van der Waals surface area contributed by atoms with Gasteiger partial charge < -0.3 is 11.1 Å². The predicted octanol–water partition coefficient (Wildman–Crippen LogP) is 1.95. The van der Waals surface area contributed by atoms with Gasteiger partial charge in [0.2, 0.25) is 5.91 Å². The van der Waals surface area contributed by atoms with E-state index in [1.807, 2.05) is 0 Å². The van der Waals surface area contributed by atoms with E-state index in [1.165, 1.54) is 12.8 Å². The Kier molecular flexibility index (Phi) is 7.25. The van der Waals surface area contributed by atoms with Crippen molar-refractivity contribution in [2.75, 3.05) is 13.1 Å². The third-order valence-electron chi connectivity index (χ3n) is 5.28. The molecule has 3 fully saturated rings. The van der Waals surface area contributed by atoms with Gasteiger partial charge in [0, 0.05) is 30.6 Å². The van der Waals surface area contributed by atoms with E-state index in [-0.39, 0.29) is 36.6 Å². The molecule has 1 heterocycles. The molecule has 2 unspecified atom stereocenters. The molecular formula is C15H29Cl2N3O. The lowest BCUT2D eigenvalue weighted by Crippen LogP contribution is -2.42. The second kappa shape index (κ2) is 8.00. The average Bonchev–Trinajstić information content (AvgIpc) is 2.99. The summed E-state index contributed by atoms with van der Waals surface area (Å²) in [7, 11) is 0. The Balaban J connectivity index is 0.00000110. The Labute approximate surface area is 140 Å². The number of hydrogen-bond donors (Lipinski definition) is 2.